The Morgan fingerprint density at radius 1 is 0.893 bits per heavy atom. The summed E-state index contributed by atoms with van der Waals surface area (Å²) in [6, 6.07) is 19.1. The molecule has 1 aromatic heterocycles. The van der Waals surface area contributed by atoms with Crippen LogP contribution in [0, 0.1) is 0 Å². The first-order valence-electron chi connectivity index (χ1n) is 8.83. The number of anilines is 1. The standard InChI is InChI=1S/C22H20N2O4/c1-26-14-8-10-19(21(12-14)27-2)24-22(25)13-28-15-7-9-17-16-5-3-4-6-18(16)23-20(17)11-15/h3-12,23H,13H2,1-2H3,(H,24,25). The number of carbonyl (C=O) groups excluding carboxylic acids is 1. The van der Waals surface area contributed by atoms with Crippen LogP contribution in [0.3, 0.4) is 0 Å². The van der Waals surface area contributed by atoms with Gasteiger partial charge in [0.15, 0.2) is 6.61 Å². The monoisotopic (exact) mass is 376 g/mol. The van der Waals surface area contributed by atoms with Gasteiger partial charge in [-0.05, 0) is 30.3 Å². The van der Waals surface area contributed by atoms with Crippen molar-refractivity contribution in [1.29, 1.82) is 0 Å². The number of benzene rings is 3. The number of para-hydroxylation sites is 1. The van der Waals surface area contributed by atoms with Crippen LogP contribution in [0.2, 0.25) is 0 Å². The molecule has 0 radical (unpaired) electrons. The van der Waals surface area contributed by atoms with E-state index in [0.717, 1.165) is 21.8 Å². The van der Waals surface area contributed by atoms with Gasteiger partial charge in [0.05, 0.1) is 25.4 Å². The number of carbonyl (C=O) groups is 1. The van der Waals surface area contributed by atoms with E-state index in [4.69, 9.17) is 14.2 Å². The number of ether oxygens (including phenoxy) is 3. The second kappa shape index (κ2) is 7.52. The Kier molecular flexibility index (Phi) is 4.76. The van der Waals surface area contributed by atoms with Gasteiger partial charge in [-0.25, -0.2) is 0 Å². The quantitative estimate of drug-likeness (QED) is 0.525. The van der Waals surface area contributed by atoms with Gasteiger partial charge in [0.25, 0.3) is 5.91 Å². The molecule has 0 atom stereocenters. The number of hydrogen-bond acceptors (Lipinski definition) is 4. The molecular formula is C22H20N2O4. The lowest BCUT2D eigenvalue weighted by Crippen LogP contribution is -2.20. The molecule has 4 rings (SSSR count). The summed E-state index contributed by atoms with van der Waals surface area (Å²) in [5, 5.41) is 5.07. The summed E-state index contributed by atoms with van der Waals surface area (Å²) >= 11 is 0. The highest BCUT2D eigenvalue weighted by molar-refractivity contribution is 6.07. The van der Waals surface area contributed by atoms with E-state index >= 15 is 0 Å². The highest BCUT2D eigenvalue weighted by atomic mass is 16.5. The Labute approximate surface area is 162 Å². The van der Waals surface area contributed by atoms with Crippen molar-refractivity contribution in [2.75, 3.05) is 26.1 Å². The summed E-state index contributed by atoms with van der Waals surface area (Å²) in [6.07, 6.45) is 0. The maximum atomic E-state index is 12.3. The van der Waals surface area contributed by atoms with Crippen molar-refractivity contribution >= 4 is 33.4 Å². The SMILES string of the molecule is COc1ccc(NC(=O)COc2ccc3c(c2)[nH]c2ccccc23)c(OC)c1. The maximum absolute atomic E-state index is 12.3. The van der Waals surface area contributed by atoms with Crippen LogP contribution in [-0.4, -0.2) is 31.7 Å². The third-order valence-electron chi connectivity index (χ3n) is 4.53. The third kappa shape index (κ3) is 3.44. The van der Waals surface area contributed by atoms with Gasteiger partial charge < -0.3 is 24.5 Å². The van der Waals surface area contributed by atoms with Crippen molar-refractivity contribution < 1.29 is 19.0 Å². The van der Waals surface area contributed by atoms with E-state index in [0.29, 0.717) is 22.9 Å². The van der Waals surface area contributed by atoms with Crippen LogP contribution in [0.25, 0.3) is 21.8 Å². The van der Waals surface area contributed by atoms with Gasteiger partial charge >= 0.3 is 0 Å². The van der Waals surface area contributed by atoms with E-state index in [9.17, 15) is 4.79 Å². The van der Waals surface area contributed by atoms with Crippen molar-refractivity contribution in [3.8, 4) is 17.2 Å². The molecule has 0 saturated carbocycles. The highest BCUT2D eigenvalue weighted by Gasteiger charge is 2.10. The van der Waals surface area contributed by atoms with Gasteiger partial charge in [0, 0.05) is 28.4 Å². The molecular weight excluding hydrogens is 356 g/mol. The fraction of sp³-hybridized carbons (Fsp3) is 0.136. The predicted molar refractivity (Wildman–Crippen MR) is 109 cm³/mol. The Morgan fingerprint density at radius 2 is 1.68 bits per heavy atom. The zero-order chi connectivity index (χ0) is 19.5. The van der Waals surface area contributed by atoms with Crippen molar-refractivity contribution in [2.24, 2.45) is 0 Å². The van der Waals surface area contributed by atoms with Crippen LogP contribution in [-0.2, 0) is 4.79 Å². The second-order valence-corrected chi connectivity index (χ2v) is 6.28. The van der Waals surface area contributed by atoms with Crippen LogP contribution in [0.15, 0.2) is 60.7 Å². The van der Waals surface area contributed by atoms with Gasteiger partial charge in [-0.1, -0.05) is 18.2 Å². The van der Waals surface area contributed by atoms with Crippen LogP contribution in [0.1, 0.15) is 0 Å². The maximum Gasteiger partial charge on any atom is 0.262 e. The smallest absolute Gasteiger partial charge is 0.262 e. The molecule has 0 aliphatic carbocycles. The van der Waals surface area contributed by atoms with Crippen molar-refractivity contribution in [3.63, 3.8) is 0 Å². The average Bonchev–Trinajstić information content (AvgIpc) is 3.10. The number of H-pyrrole nitrogens is 1. The number of amides is 1. The van der Waals surface area contributed by atoms with E-state index < -0.39 is 0 Å². The summed E-state index contributed by atoms with van der Waals surface area (Å²) in [6.45, 7) is -0.110. The highest BCUT2D eigenvalue weighted by Crippen LogP contribution is 2.30. The normalized spacial score (nSPS) is 10.8. The predicted octanol–water partition coefficient (Wildman–Crippen LogP) is 4.36. The van der Waals surface area contributed by atoms with Crippen LogP contribution in [0.4, 0.5) is 5.69 Å². The Hall–Kier alpha value is -3.67. The van der Waals surface area contributed by atoms with E-state index in [1.54, 1.807) is 25.3 Å². The first-order valence-corrected chi connectivity index (χ1v) is 8.83. The Balaban J connectivity index is 1.45. The Bertz CT molecular complexity index is 1150. The number of aromatic nitrogens is 1. The minimum Gasteiger partial charge on any atom is -0.497 e. The lowest BCUT2D eigenvalue weighted by atomic mass is 10.1. The first kappa shape index (κ1) is 17.7. The molecule has 1 amide bonds. The van der Waals surface area contributed by atoms with Crippen LogP contribution < -0.4 is 19.5 Å². The summed E-state index contributed by atoms with van der Waals surface area (Å²) in [5.41, 5.74) is 2.60. The zero-order valence-electron chi connectivity index (χ0n) is 15.6. The topological polar surface area (TPSA) is 72.6 Å². The molecule has 3 aromatic carbocycles. The molecule has 0 bridgehead atoms. The largest absolute Gasteiger partial charge is 0.497 e. The van der Waals surface area contributed by atoms with Crippen molar-refractivity contribution in [3.05, 3.63) is 60.7 Å². The average molecular weight is 376 g/mol. The summed E-state index contributed by atoms with van der Waals surface area (Å²) in [7, 11) is 3.11. The molecule has 0 aliphatic heterocycles. The molecule has 0 fully saturated rings. The fourth-order valence-electron chi connectivity index (χ4n) is 3.16. The molecule has 1 heterocycles. The minimum absolute atomic E-state index is 0.110. The van der Waals surface area contributed by atoms with E-state index in [-0.39, 0.29) is 12.5 Å². The minimum atomic E-state index is -0.278. The summed E-state index contributed by atoms with van der Waals surface area (Å²) in [4.78, 5) is 15.6. The van der Waals surface area contributed by atoms with E-state index in [1.807, 2.05) is 36.4 Å². The van der Waals surface area contributed by atoms with E-state index in [1.165, 1.54) is 7.11 Å². The molecule has 4 aromatic rings. The molecule has 0 unspecified atom stereocenters. The van der Waals surface area contributed by atoms with Gasteiger partial charge in [-0.15, -0.1) is 0 Å². The Morgan fingerprint density at radius 3 is 2.50 bits per heavy atom. The molecule has 0 aliphatic rings. The molecule has 142 valence electrons. The fourth-order valence-corrected chi connectivity index (χ4v) is 3.16. The number of hydrogen-bond donors (Lipinski definition) is 2. The number of fused-ring (bicyclic) bond motifs is 3. The number of nitrogens with one attached hydrogen (secondary N) is 2. The molecule has 0 spiro atoms. The third-order valence-corrected chi connectivity index (χ3v) is 4.53. The summed E-state index contributed by atoms with van der Waals surface area (Å²) in [5.74, 6) is 1.51. The molecule has 2 N–H and O–H groups in total. The van der Waals surface area contributed by atoms with Gasteiger partial charge in [0.2, 0.25) is 0 Å². The lowest BCUT2D eigenvalue weighted by Gasteiger charge is -2.12. The van der Waals surface area contributed by atoms with Gasteiger partial charge in [0.1, 0.15) is 17.2 Å². The van der Waals surface area contributed by atoms with Gasteiger partial charge in [-0.2, -0.15) is 0 Å². The van der Waals surface area contributed by atoms with E-state index in [2.05, 4.69) is 16.4 Å². The number of aromatic amines is 1. The molecule has 0 saturated heterocycles. The van der Waals surface area contributed by atoms with Crippen molar-refractivity contribution in [1.82, 2.24) is 4.98 Å². The summed E-state index contributed by atoms with van der Waals surface area (Å²) < 4.78 is 16.1. The van der Waals surface area contributed by atoms with Crippen LogP contribution >= 0.6 is 0 Å². The van der Waals surface area contributed by atoms with Crippen molar-refractivity contribution in [2.45, 2.75) is 0 Å². The zero-order valence-corrected chi connectivity index (χ0v) is 15.6. The lowest BCUT2D eigenvalue weighted by molar-refractivity contribution is -0.118. The molecule has 6 heteroatoms. The van der Waals surface area contributed by atoms with Crippen LogP contribution in [0.5, 0.6) is 17.2 Å². The number of rotatable bonds is 6. The number of methoxy groups -OCH3 is 2. The second-order valence-electron chi connectivity index (χ2n) is 6.28. The first-order chi connectivity index (χ1) is 13.7. The molecule has 6 nitrogen and oxygen atoms in total. The van der Waals surface area contributed by atoms with Gasteiger partial charge in [-0.3, -0.25) is 4.79 Å². The molecule has 28 heavy (non-hydrogen) atoms.